The molecule has 1 aliphatic heterocycles. The van der Waals surface area contributed by atoms with Crippen molar-refractivity contribution in [1.29, 1.82) is 0 Å². The summed E-state index contributed by atoms with van der Waals surface area (Å²) in [6.07, 6.45) is -0.366. The lowest BCUT2D eigenvalue weighted by Crippen LogP contribution is -2.46. The molecule has 33 heavy (non-hydrogen) atoms. The number of carbonyl (C=O) groups excluding carboxylic acids is 2. The summed E-state index contributed by atoms with van der Waals surface area (Å²) in [7, 11) is 0. The molecule has 1 fully saturated rings. The van der Waals surface area contributed by atoms with E-state index in [0.717, 1.165) is 33.0 Å². The van der Waals surface area contributed by atoms with E-state index >= 15 is 0 Å². The number of aromatic nitrogens is 1. The maximum Gasteiger partial charge on any atom is 0.254 e. The standard InChI is InChI=1S/C26H25N3O4/c1-15-4-2-3-5-19(15)17-11-21-20-10-16(26(32)29-8-9-33-18(13-29)14-30)6-7-23(20)28-24(21)22(12-17)25(27)31/h2-7,10-12,18,28,30H,8-9,13-14H2,1H3,(H2,27,31). The van der Waals surface area contributed by atoms with Crippen LogP contribution in [-0.2, 0) is 4.74 Å². The highest BCUT2D eigenvalue weighted by Gasteiger charge is 2.25. The Morgan fingerprint density at radius 3 is 2.73 bits per heavy atom. The molecule has 7 heteroatoms. The molecule has 0 aliphatic carbocycles. The maximum absolute atomic E-state index is 13.2. The van der Waals surface area contributed by atoms with Gasteiger partial charge in [-0.05, 0) is 53.9 Å². The number of H-pyrrole nitrogens is 1. The van der Waals surface area contributed by atoms with E-state index < -0.39 is 5.91 Å². The van der Waals surface area contributed by atoms with Crippen molar-refractivity contribution in [2.75, 3.05) is 26.3 Å². The molecule has 4 N–H and O–H groups in total. The number of hydrogen-bond acceptors (Lipinski definition) is 4. The molecule has 1 aliphatic rings. The number of carbonyl (C=O) groups is 2. The zero-order valence-corrected chi connectivity index (χ0v) is 18.3. The van der Waals surface area contributed by atoms with Crippen LogP contribution in [-0.4, -0.2) is 59.2 Å². The number of hydrogen-bond donors (Lipinski definition) is 3. The number of morpholine rings is 1. The van der Waals surface area contributed by atoms with Gasteiger partial charge in [0.05, 0.1) is 30.4 Å². The molecule has 1 atom stereocenters. The first-order chi connectivity index (χ1) is 16.0. The first-order valence-electron chi connectivity index (χ1n) is 10.9. The summed E-state index contributed by atoms with van der Waals surface area (Å²) in [5.74, 6) is -0.625. The Morgan fingerprint density at radius 2 is 1.97 bits per heavy atom. The van der Waals surface area contributed by atoms with E-state index in [1.54, 1.807) is 11.0 Å². The van der Waals surface area contributed by atoms with Crippen LogP contribution in [0.5, 0.6) is 0 Å². The third kappa shape index (κ3) is 3.75. The molecular formula is C26H25N3O4. The lowest BCUT2D eigenvalue weighted by molar-refractivity contribution is -0.0447. The lowest BCUT2D eigenvalue weighted by atomic mass is 9.96. The molecule has 1 unspecified atom stereocenters. The average molecular weight is 444 g/mol. The van der Waals surface area contributed by atoms with Crippen LogP contribution in [0.25, 0.3) is 32.9 Å². The monoisotopic (exact) mass is 443 g/mol. The number of nitrogens with two attached hydrogens (primary N) is 1. The number of primary amides is 1. The van der Waals surface area contributed by atoms with E-state index in [9.17, 15) is 14.7 Å². The summed E-state index contributed by atoms with van der Waals surface area (Å²) < 4.78 is 5.47. The first kappa shape index (κ1) is 21.2. The SMILES string of the molecule is Cc1ccccc1-c1cc(C(N)=O)c2[nH]c3ccc(C(=O)N4CCOC(CO)C4)cc3c2c1. The topological polar surface area (TPSA) is 109 Å². The number of benzene rings is 3. The van der Waals surface area contributed by atoms with Crippen molar-refractivity contribution < 1.29 is 19.4 Å². The second-order valence-electron chi connectivity index (χ2n) is 8.44. The number of aliphatic hydroxyl groups excluding tert-OH is 1. The minimum Gasteiger partial charge on any atom is -0.394 e. The summed E-state index contributed by atoms with van der Waals surface area (Å²) in [6.45, 7) is 3.13. The van der Waals surface area contributed by atoms with Crippen LogP contribution in [0.2, 0.25) is 0 Å². The van der Waals surface area contributed by atoms with E-state index in [-0.39, 0.29) is 18.6 Å². The molecule has 2 amide bonds. The highest BCUT2D eigenvalue weighted by Crippen LogP contribution is 2.34. The fourth-order valence-corrected chi connectivity index (χ4v) is 4.58. The largest absolute Gasteiger partial charge is 0.394 e. The predicted octanol–water partition coefficient (Wildman–Crippen LogP) is 3.23. The van der Waals surface area contributed by atoms with Gasteiger partial charge in [-0.1, -0.05) is 24.3 Å². The minimum absolute atomic E-state index is 0.113. The van der Waals surface area contributed by atoms with Crippen LogP contribution >= 0.6 is 0 Å². The third-order valence-electron chi connectivity index (χ3n) is 6.31. The van der Waals surface area contributed by atoms with Gasteiger partial charge in [-0.3, -0.25) is 9.59 Å². The highest BCUT2D eigenvalue weighted by atomic mass is 16.5. The molecule has 5 rings (SSSR count). The Bertz CT molecular complexity index is 1390. The quantitative estimate of drug-likeness (QED) is 0.450. The molecule has 0 radical (unpaired) electrons. The van der Waals surface area contributed by atoms with E-state index in [1.165, 1.54) is 0 Å². The van der Waals surface area contributed by atoms with Crippen molar-refractivity contribution in [3.05, 3.63) is 71.3 Å². The number of ether oxygens (including phenoxy) is 1. The number of fused-ring (bicyclic) bond motifs is 3. The Morgan fingerprint density at radius 1 is 1.15 bits per heavy atom. The Kier molecular flexibility index (Phi) is 5.36. The summed E-state index contributed by atoms with van der Waals surface area (Å²) in [4.78, 5) is 30.5. The number of nitrogens with zero attached hydrogens (tertiary/aromatic N) is 1. The Labute approximate surface area is 190 Å². The predicted molar refractivity (Wildman–Crippen MR) is 127 cm³/mol. The molecule has 3 aromatic carbocycles. The number of rotatable bonds is 4. The van der Waals surface area contributed by atoms with Gasteiger partial charge < -0.3 is 25.5 Å². The molecule has 0 bridgehead atoms. The average Bonchev–Trinajstić information content (AvgIpc) is 3.21. The summed E-state index contributed by atoms with van der Waals surface area (Å²) in [6, 6.07) is 17.3. The zero-order valence-electron chi connectivity index (χ0n) is 18.3. The number of aliphatic hydroxyl groups is 1. The number of aryl methyl sites for hydroxylation is 1. The molecule has 168 valence electrons. The minimum atomic E-state index is -0.512. The first-order valence-corrected chi connectivity index (χ1v) is 10.9. The van der Waals surface area contributed by atoms with Crippen molar-refractivity contribution in [3.8, 4) is 11.1 Å². The van der Waals surface area contributed by atoms with Crippen molar-refractivity contribution in [2.45, 2.75) is 13.0 Å². The number of amides is 2. The van der Waals surface area contributed by atoms with Gasteiger partial charge in [0.1, 0.15) is 0 Å². The Hall–Kier alpha value is -3.68. The molecule has 1 saturated heterocycles. The van der Waals surface area contributed by atoms with Gasteiger partial charge in [0.15, 0.2) is 0 Å². The maximum atomic E-state index is 13.2. The highest BCUT2D eigenvalue weighted by molar-refractivity contribution is 6.17. The summed E-state index contributed by atoms with van der Waals surface area (Å²) in [5.41, 5.74) is 11.2. The lowest BCUT2D eigenvalue weighted by Gasteiger charge is -2.32. The van der Waals surface area contributed by atoms with Gasteiger partial charge in [-0.2, -0.15) is 0 Å². The van der Waals surface area contributed by atoms with Crippen LogP contribution in [0, 0.1) is 6.92 Å². The van der Waals surface area contributed by atoms with Crippen molar-refractivity contribution >= 4 is 33.6 Å². The van der Waals surface area contributed by atoms with Crippen LogP contribution in [0.15, 0.2) is 54.6 Å². The molecule has 4 aromatic rings. The normalized spacial score (nSPS) is 16.4. The van der Waals surface area contributed by atoms with Gasteiger partial charge in [-0.25, -0.2) is 0 Å². The van der Waals surface area contributed by atoms with Gasteiger partial charge in [0.2, 0.25) is 0 Å². The van der Waals surface area contributed by atoms with Gasteiger partial charge in [0, 0.05) is 34.9 Å². The van der Waals surface area contributed by atoms with Crippen LogP contribution in [0.3, 0.4) is 0 Å². The second-order valence-corrected chi connectivity index (χ2v) is 8.44. The van der Waals surface area contributed by atoms with Gasteiger partial charge in [0.25, 0.3) is 11.8 Å². The molecule has 0 spiro atoms. The third-order valence-corrected chi connectivity index (χ3v) is 6.31. The smallest absolute Gasteiger partial charge is 0.254 e. The fourth-order valence-electron chi connectivity index (χ4n) is 4.58. The molecule has 1 aromatic heterocycles. The second kappa shape index (κ2) is 8.35. The van der Waals surface area contributed by atoms with Crippen LogP contribution < -0.4 is 5.73 Å². The number of nitrogens with one attached hydrogen (secondary N) is 1. The molecule has 0 saturated carbocycles. The number of aromatic amines is 1. The van der Waals surface area contributed by atoms with Crippen molar-refractivity contribution in [3.63, 3.8) is 0 Å². The summed E-state index contributed by atoms with van der Waals surface area (Å²) in [5, 5.41) is 11.1. The van der Waals surface area contributed by atoms with E-state index in [2.05, 4.69) is 4.98 Å². The van der Waals surface area contributed by atoms with E-state index in [1.807, 2.05) is 55.5 Å². The zero-order chi connectivity index (χ0) is 23.1. The van der Waals surface area contributed by atoms with E-state index in [4.69, 9.17) is 10.5 Å². The molecule has 7 nitrogen and oxygen atoms in total. The van der Waals surface area contributed by atoms with Crippen molar-refractivity contribution in [1.82, 2.24) is 9.88 Å². The van der Waals surface area contributed by atoms with E-state index in [0.29, 0.717) is 36.3 Å². The van der Waals surface area contributed by atoms with Crippen molar-refractivity contribution in [2.24, 2.45) is 5.73 Å². The fraction of sp³-hybridized carbons (Fsp3) is 0.231. The summed E-state index contributed by atoms with van der Waals surface area (Å²) >= 11 is 0. The molecular weight excluding hydrogens is 418 g/mol. The molecule has 2 heterocycles. The van der Waals surface area contributed by atoms with Crippen LogP contribution in [0.1, 0.15) is 26.3 Å². The van der Waals surface area contributed by atoms with Gasteiger partial charge in [-0.15, -0.1) is 0 Å². The van der Waals surface area contributed by atoms with Crippen LogP contribution in [0.4, 0.5) is 0 Å². The van der Waals surface area contributed by atoms with Gasteiger partial charge >= 0.3 is 0 Å². The Balaban J connectivity index is 1.65.